The molecular weight excluding hydrogens is 306 g/mol. The average Bonchev–Trinajstić information content (AvgIpc) is 2.72. The van der Waals surface area contributed by atoms with Gasteiger partial charge < -0.3 is 0 Å². The summed E-state index contributed by atoms with van der Waals surface area (Å²) in [4.78, 5) is 25.6. The molecule has 0 radical (unpaired) electrons. The quantitative estimate of drug-likeness (QED) is 0.624. The predicted octanol–water partition coefficient (Wildman–Crippen LogP) is 3.83. The number of ketones is 2. The number of hydrogen-bond donors (Lipinski definition) is 0. The molecular formula is C16H8ClNO2S. The molecule has 0 amide bonds. The lowest BCUT2D eigenvalue weighted by Crippen LogP contribution is -2.34. The van der Waals surface area contributed by atoms with Gasteiger partial charge in [-0.25, -0.2) is 0 Å². The molecule has 0 aliphatic heterocycles. The number of benzene rings is 2. The van der Waals surface area contributed by atoms with E-state index in [9.17, 15) is 9.59 Å². The second kappa shape index (κ2) is 5.03. The number of carbonyl (C=O) groups is 2. The van der Waals surface area contributed by atoms with Gasteiger partial charge in [-0.1, -0.05) is 48.0 Å². The topological polar surface area (TPSA) is 57.9 Å². The number of thiocyanates is 1. The number of halogens is 1. The maximum Gasteiger partial charge on any atom is 0.193 e. The Bertz CT molecular complexity index is 758. The summed E-state index contributed by atoms with van der Waals surface area (Å²) in [5.41, 5.74) is 1.20. The average molecular weight is 314 g/mol. The highest BCUT2D eigenvalue weighted by atomic mass is 35.5. The molecule has 0 saturated heterocycles. The lowest BCUT2D eigenvalue weighted by Gasteiger charge is -2.22. The largest absolute Gasteiger partial charge is 0.292 e. The van der Waals surface area contributed by atoms with Crippen molar-refractivity contribution >= 4 is 34.9 Å². The van der Waals surface area contributed by atoms with Crippen LogP contribution in [0.5, 0.6) is 0 Å². The zero-order chi connectivity index (χ0) is 15.0. The molecule has 0 bridgehead atoms. The first kappa shape index (κ1) is 13.9. The Morgan fingerprint density at radius 3 is 1.95 bits per heavy atom. The molecule has 3 rings (SSSR count). The molecule has 0 saturated carbocycles. The third kappa shape index (κ3) is 1.90. The van der Waals surface area contributed by atoms with Crippen LogP contribution >= 0.6 is 23.4 Å². The van der Waals surface area contributed by atoms with Gasteiger partial charge in [0.05, 0.1) is 0 Å². The SMILES string of the molecule is N#CSC1(c2ccc(Cl)cc2)C(=O)c2ccccc2C1=O. The molecule has 0 atom stereocenters. The summed E-state index contributed by atoms with van der Waals surface area (Å²) in [5, 5.41) is 11.5. The normalized spacial score (nSPS) is 15.6. The molecule has 0 spiro atoms. The van der Waals surface area contributed by atoms with Gasteiger partial charge in [0.15, 0.2) is 16.3 Å². The van der Waals surface area contributed by atoms with Crippen LogP contribution in [0.1, 0.15) is 26.3 Å². The van der Waals surface area contributed by atoms with Gasteiger partial charge in [0.25, 0.3) is 0 Å². The van der Waals surface area contributed by atoms with Crippen LogP contribution in [0.3, 0.4) is 0 Å². The van der Waals surface area contributed by atoms with Gasteiger partial charge in [-0.3, -0.25) is 9.59 Å². The first-order valence-electron chi connectivity index (χ1n) is 6.13. The van der Waals surface area contributed by atoms with E-state index in [1.165, 1.54) is 0 Å². The number of rotatable bonds is 2. The van der Waals surface area contributed by atoms with Crippen molar-refractivity contribution in [3.63, 3.8) is 0 Å². The van der Waals surface area contributed by atoms with Crippen LogP contribution in [-0.4, -0.2) is 11.6 Å². The fraction of sp³-hybridized carbons (Fsp3) is 0.0625. The summed E-state index contributed by atoms with van der Waals surface area (Å²) < 4.78 is -1.52. The molecule has 0 aromatic heterocycles. The molecule has 0 N–H and O–H groups in total. The summed E-state index contributed by atoms with van der Waals surface area (Å²) in [7, 11) is 0. The number of hydrogen-bond acceptors (Lipinski definition) is 4. The van der Waals surface area contributed by atoms with Crippen LogP contribution in [0.4, 0.5) is 0 Å². The lowest BCUT2D eigenvalue weighted by atomic mass is 9.93. The lowest BCUT2D eigenvalue weighted by molar-refractivity contribution is 0.0867. The van der Waals surface area contributed by atoms with Gasteiger partial charge in [-0.05, 0) is 29.5 Å². The summed E-state index contributed by atoms with van der Waals surface area (Å²) >= 11 is 6.54. The van der Waals surface area contributed by atoms with Crippen molar-refractivity contribution in [1.29, 1.82) is 5.26 Å². The first-order chi connectivity index (χ1) is 10.1. The van der Waals surface area contributed by atoms with E-state index in [1.807, 2.05) is 5.40 Å². The van der Waals surface area contributed by atoms with E-state index in [4.69, 9.17) is 16.9 Å². The summed E-state index contributed by atoms with van der Waals surface area (Å²) in [5.74, 6) is -0.700. The van der Waals surface area contributed by atoms with Crippen LogP contribution in [0.2, 0.25) is 5.02 Å². The fourth-order valence-corrected chi connectivity index (χ4v) is 3.45. The van der Waals surface area contributed by atoms with E-state index < -0.39 is 4.75 Å². The van der Waals surface area contributed by atoms with Gasteiger partial charge >= 0.3 is 0 Å². The van der Waals surface area contributed by atoms with Gasteiger partial charge in [0, 0.05) is 16.1 Å². The summed E-state index contributed by atoms with van der Waals surface area (Å²) in [6.07, 6.45) is 0. The minimum Gasteiger partial charge on any atom is -0.292 e. The van der Waals surface area contributed by atoms with Crippen LogP contribution in [0.25, 0.3) is 0 Å². The molecule has 1 aliphatic rings. The standard InChI is InChI=1S/C16H8ClNO2S/c17-11-7-5-10(6-8-11)16(21-9-18)14(19)12-3-1-2-4-13(12)15(16)20/h1-8H. The van der Waals surface area contributed by atoms with Crippen molar-refractivity contribution in [2.24, 2.45) is 0 Å². The Labute approximate surface area is 130 Å². The van der Waals surface area contributed by atoms with Gasteiger partial charge in [-0.15, -0.1) is 0 Å². The second-order valence-corrected chi connectivity index (χ2v) is 6.02. The minimum atomic E-state index is -1.52. The summed E-state index contributed by atoms with van der Waals surface area (Å²) in [6, 6.07) is 13.1. The van der Waals surface area contributed by atoms with Crippen molar-refractivity contribution in [1.82, 2.24) is 0 Å². The molecule has 0 heterocycles. The smallest absolute Gasteiger partial charge is 0.193 e. The molecule has 0 unspecified atom stereocenters. The zero-order valence-corrected chi connectivity index (χ0v) is 12.2. The predicted molar refractivity (Wildman–Crippen MR) is 81.4 cm³/mol. The van der Waals surface area contributed by atoms with E-state index in [0.717, 1.165) is 0 Å². The Morgan fingerprint density at radius 1 is 0.952 bits per heavy atom. The maximum atomic E-state index is 12.8. The number of carbonyl (C=O) groups excluding carboxylic acids is 2. The molecule has 2 aromatic carbocycles. The Balaban J connectivity index is 2.25. The van der Waals surface area contributed by atoms with E-state index in [2.05, 4.69) is 0 Å². The zero-order valence-electron chi connectivity index (χ0n) is 10.7. The molecule has 5 heteroatoms. The molecule has 1 aliphatic carbocycles. The number of nitrogens with zero attached hydrogens (tertiary/aromatic N) is 1. The summed E-state index contributed by atoms with van der Waals surface area (Å²) in [6.45, 7) is 0. The highest BCUT2D eigenvalue weighted by molar-refractivity contribution is 8.06. The van der Waals surface area contributed by atoms with Gasteiger partial charge in [-0.2, -0.15) is 5.26 Å². The highest BCUT2D eigenvalue weighted by Crippen LogP contribution is 2.47. The van der Waals surface area contributed by atoms with Gasteiger partial charge in [0.1, 0.15) is 5.40 Å². The van der Waals surface area contributed by atoms with E-state index >= 15 is 0 Å². The van der Waals surface area contributed by atoms with Crippen molar-refractivity contribution in [3.05, 3.63) is 70.2 Å². The van der Waals surface area contributed by atoms with E-state index in [-0.39, 0.29) is 11.6 Å². The van der Waals surface area contributed by atoms with Crippen LogP contribution in [-0.2, 0) is 4.75 Å². The van der Waals surface area contributed by atoms with Gasteiger partial charge in [0.2, 0.25) is 0 Å². The van der Waals surface area contributed by atoms with E-state index in [1.54, 1.807) is 48.5 Å². The van der Waals surface area contributed by atoms with Crippen molar-refractivity contribution < 1.29 is 9.59 Å². The first-order valence-corrected chi connectivity index (χ1v) is 7.32. The van der Waals surface area contributed by atoms with Crippen molar-refractivity contribution in [2.75, 3.05) is 0 Å². The number of thioether (sulfide) groups is 1. The Kier molecular flexibility index (Phi) is 3.32. The highest BCUT2D eigenvalue weighted by Gasteiger charge is 2.55. The molecule has 21 heavy (non-hydrogen) atoms. The fourth-order valence-electron chi connectivity index (χ4n) is 2.53. The Hall–Kier alpha value is -2.09. The Morgan fingerprint density at radius 2 is 1.48 bits per heavy atom. The molecule has 0 fully saturated rings. The van der Waals surface area contributed by atoms with E-state index in [0.29, 0.717) is 33.5 Å². The van der Waals surface area contributed by atoms with Crippen molar-refractivity contribution in [3.8, 4) is 5.40 Å². The second-order valence-electron chi connectivity index (χ2n) is 4.59. The molecule has 3 nitrogen and oxygen atoms in total. The number of fused-ring (bicyclic) bond motifs is 1. The molecule has 2 aromatic rings. The number of Topliss-reactive ketones (excluding diaryl/α,β-unsaturated/α-hetero) is 2. The third-order valence-electron chi connectivity index (χ3n) is 3.51. The minimum absolute atomic E-state index is 0.350. The monoisotopic (exact) mass is 313 g/mol. The van der Waals surface area contributed by atoms with Crippen LogP contribution < -0.4 is 0 Å². The van der Waals surface area contributed by atoms with Crippen molar-refractivity contribution in [2.45, 2.75) is 4.75 Å². The maximum absolute atomic E-state index is 12.8. The van der Waals surface area contributed by atoms with Crippen LogP contribution in [0, 0.1) is 10.7 Å². The molecule has 102 valence electrons. The third-order valence-corrected chi connectivity index (χ3v) is 4.76. The van der Waals surface area contributed by atoms with Crippen LogP contribution in [0.15, 0.2) is 48.5 Å². The number of nitriles is 1.